The van der Waals surface area contributed by atoms with Gasteiger partial charge >= 0.3 is 0 Å². The van der Waals surface area contributed by atoms with Gasteiger partial charge in [0.05, 0.1) is 10.6 Å². The predicted molar refractivity (Wildman–Crippen MR) is 126 cm³/mol. The summed E-state index contributed by atoms with van der Waals surface area (Å²) in [7, 11) is 0. The van der Waals surface area contributed by atoms with Gasteiger partial charge < -0.3 is 5.32 Å². The van der Waals surface area contributed by atoms with E-state index in [2.05, 4.69) is 36.5 Å². The number of carbonyl (C=O) groups excluding carboxylic acids is 2. The maximum absolute atomic E-state index is 13.1. The van der Waals surface area contributed by atoms with Gasteiger partial charge in [-0.1, -0.05) is 61.3 Å². The molecule has 0 saturated carbocycles. The third-order valence-corrected chi connectivity index (χ3v) is 6.42. The van der Waals surface area contributed by atoms with Crippen LogP contribution >= 0.6 is 34.5 Å². The van der Waals surface area contributed by atoms with Crippen molar-refractivity contribution in [3.05, 3.63) is 86.8 Å². The normalized spacial score (nSPS) is 10.8. The molecular formula is C24H23Cl2NO2S. The van der Waals surface area contributed by atoms with Crippen molar-refractivity contribution >= 4 is 51.2 Å². The summed E-state index contributed by atoms with van der Waals surface area (Å²) in [6, 6.07) is 17.4. The average Bonchev–Trinajstić information content (AvgIpc) is 3.15. The van der Waals surface area contributed by atoms with E-state index in [9.17, 15) is 9.59 Å². The van der Waals surface area contributed by atoms with E-state index in [4.69, 9.17) is 23.2 Å². The topological polar surface area (TPSA) is 46.2 Å². The van der Waals surface area contributed by atoms with Crippen molar-refractivity contribution in [3.8, 4) is 0 Å². The third kappa shape index (κ3) is 5.72. The molecule has 1 amide bonds. The highest BCUT2D eigenvalue weighted by atomic mass is 35.5. The van der Waals surface area contributed by atoms with E-state index in [0.29, 0.717) is 21.2 Å². The molecule has 0 bridgehead atoms. The largest absolute Gasteiger partial charge is 0.316 e. The molecule has 1 aromatic heterocycles. The van der Waals surface area contributed by atoms with Crippen molar-refractivity contribution in [1.82, 2.24) is 0 Å². The molecule has 1 N–H and O–H groups in total. The molecule has 3 nitrogen and oxygen atoms in total. The van der Waals surface area contributed by atoms with E-state index in [1.54, 1.807) is 24.3 Å². The smallest absolute Gasteiger partial charge is 0.239 e. The lowest BCUT2D eigenvalue weighted by atomic mass is 10.0. The number of aryl methyl sites for hydroxylation is 3. The number of benzene rings is 2. The molecule has 0 aliphatic heterocycles. The highest BCUT2D eigenvalue weighted by Crippen LogP contribution is 2.32. The monoisotopic (exact) mass is 459 g/mol. The summed E-state index contributed by atoms with van der Waals surface area (Å²) < 4.78 is 0. The number of hydrogen-bond acceptors (Lipinski definition) is 3. The molecular weight excluding hydrogens is 437 g/mol. The minimum Gasteiger partial charge on any atom is -0.316 e. The Morgan fingerprint density at radius 2 is 1.60 bits per heavy atom. The van der Waals surface area contributed by atoms with Gasteiger partial charge in [0.25, 0.3) is 0 Å². The summed E-state index contributed by atoms with van der Waals surface area (Å²) >= 11 is 13.3. The van der Waals surface area contributed by atoms with Crippen molar-refractivity contribution in [1.29, 1.82) is 0 Å². The standard InChI is InChI=1S/C24H23Cl2NO2S/c1-2-5-16-8-10-17(11-9-16)12-13-18-14-20(24(30-18)27-22(28)15-25)23(29)19-6-3-4-7-21(19)26/h3-4,6-11,14H,2,5,12-13,15H2,1H3,(H,27,28). The maximum atomic E-state index is 13.1. The van der Waals surface area contributed by atoms with Crippen LogP contribution in [0.3, 0.4) is 0 Å². The first-order chi connectivity index (χ1) is 14.5. The van der Waals surface area contributed by atoms with E-state index >= 15 is 0 Å². The number of nitrogens with one attached hydrogen (secondary N) is 1. The minimum absolute atomic E-state index is 0.170. The van der Waals surface area contributed by atoms with Gasteiger partial charge in [0, 0.05) is 10.4 Å². The van der Waals surface area contributed by atoms with Gasteiger partial charge in [0.2, 0.25) is 5.91 Å². The molecule has 156 valence electrons. The lowest BCUT2D eigenvalue weighted by Crippen LogP contribution is -2.14. The van der Waals surface area contributed by atoms with Crippen LogP contribution in [0, 0.1) is 0 Å². The molecule has 0 fully saturated rings. The molecule has 0 aliphatic rings. The fourth-order valence-corrected chi connectivity index (χ4v) is 4.56. The van der Waals surface area contributed by atoms with Crippen LogP contribution < -0.4 is 5.32 Å². The fraction of sp³-hybridized carbons (Fsp3) is 0.250. The summed E-state index contributed by atoms with van der Waals surface area (Å²) in [6.07, 6.45) is 3.85. The maximum Gasteiger partial charge on any atom is 0.239 e. The van der Waals surface area contributed by atoms with Crippen molar-refractivity contribution in [2.45, 2.75) is 32.6 Å². The number of thiophene rings is 1. The summed E-state index contributed by atoms with van der Waals surface area (Å²) in [4.78, 5) is 26.0. The zero-order valence-electron chi connectivity index (χ0n) is 16.7. The SMILES string of the molecule is CCCc1ccc(CCc2cc(C(=O)c3ccccc3Cl)c(NC(=O)CCl)s2)cc1. The first-order valence-electron chi connectivity index (χ1n) is 9.87. The highest BCUT2D eigenvalue weighted by Gasteiger charge is 2.21. The Balaban J connectivity index is 1.81. The van der Waals surface area contributed by atoms with Crippen LogP contribution in [-0.4, -0.2) is 17.6 Å². The van der Waals surface area contributed by atoms with Gasteiger partial charge in [0.15, 0.2) is 5.78 Å². The molecule has 30 heavy (non-hydrogen) atoms. The average molecular weight is 460 g/mol. The summed E-state index contributed by atoms with van der Waals surface area (Å²) in [6.45, 7) is 2.17. The molecule has 0 unspecified atom stereocenters. The van der Waals surface area contributed by atoms with Gasteiger partial charge in [-0.2, -0.15) is 0 Å². The van der Waals surface area contributed by atoms with Crippen molar-refractivity contribution in [3.63, 3.8) is 0 Å². The summed E-state index contributed by atoms with van der Waals surface area (Å²) in [5, 5.41) is 3.65. The van der Waals surface area contributed by atoms with Crippen LogP contribution in [0.1, 0.15) is 45.3 Å². The van der Waals surface area contributed by atoms with Crippen molar-refractivity contribution < 1.29 is 9.59 Å². The Morgan fingerprint density at radius 3 is 2.23 bits per heavy atom. The Morgan fingerprint density at radius 1 is 0.933 bits per heavy atom. The number of carbonyl (C=O) groups is 2. The number of hydrogen-bond donors (Lipinski definition) is 1. The lowest BCUT2D eigenvalue weighted by Gasteiger charge is -2.05. The number of halogens is 2. The van der Waals surface area contributed by atoms with Gasteiger partial charge in [-0.3, -0.25) is 9.59 Å². The molecule has 0 saturated heterocycles. The quantitative estimate of drug-likeness (QED) is 0.291. The minimum atomic E-state index is -0.343. The van der Waals surface area contributed by atoms with Crippen LogP contribution in [0.15, 0.2) is 54.6 Å². The number of amides is 1. The number of rotatable bonds is 9. The zero-order chi connectivity index (χ0) is 21.5. The molecule has 3 rings (SSSR count). The molecule has 0 spiro atoms. The fourth-order valence-electron chi connectivity index (χ4n) is 3.21. The molecule has 6 heteroatoms. The molecule has 2 aromatic carbocycles. The Bertz CT molecular complexity index is 1030. The Hall–Kier alpha value is -2.14. The van der Waals surface area contributed by atoms with E-state index in [0.717, 1.165) is 30.6 Å². The molecule has 1 heterocycles. The van der Waals surface area contributed by atoms with E-state index < -0.39 is 0 Å². The first kappa shape index (κ1) is 22.5. The van der Waals surface area contributed by atoms with Gasteiger partial charge in [-0.05, 0) is 48.6 Å². The third-order valence-electron chi connectivity index (χ3n) is 4.74. The molecule has 3 aromatic rings. The first-order valence-corrected chi connectivity index (χ1v) is 11.6. The van der Waals surface area contributed by atoms with Gasteiger partial charge in [-0.15, -0.1) is 22.9 Å². The summed E-state index contributed by atoms with van der Waals surface area (Å²) in [5.41, 5.74) is 3.45. The van der Waals surface area contributed by atoms with E-state index in [1.165, 1.54) is 22.5 Å². The molecule has 0 aliphatic carbocycles. The molecule has 0 radical (unpaired) electrons. The second-order valence-corrected chi connectivity index (χ2v) is 8.82. The van der Waals surface area contributed by atoms with Crippen molar-refractivity contribution in [2.24, 2.45) is 0 Å². The predicted octanol–water partition coefficient (Wildman–Crippen LogP) is 6.55. The Labute approximate surface area is 191 Å². The highest BCUT2D eigenvalue weighted by molar-refractivity contribution is 7.16. The van der Waals surface area contributed by atoms with Crippen LogP contribution in [0.4, 0.5) is 5.00 Å². The second kappa shape index (κ2) is 10.8. The van der Waals surface area contributed by atoms with Crippen LogP contribution in [-0.2, 0) is 24.1 Å². The number of alkyl halides is 1. The number of anilines is 1. The van der Waals surface area contributed by atoms with Crippen LogP contribution in [0.5, 0.6) is 0 Å². The number of ketones is 1. The second-order valence-electron chi connectivity index (χ2n) is 7.01. The van der Waals surface area contributed by atoms with Crippen LogP contribution in [0.2, 0.25) is 5.02 Å². The Kier molecular flexibility index (Phi) is 8.08. The zero-order valence-corrected chi connectivity index (χ0v) is 19.0. The van der Waals surface area contributed by atoms with Gasteiger partial charge in [-0.25, -0.2) is 0 Å². The van der Waals surface area contributed by atoms with Crippen molar-refractivity contribution in [2.75, 3.05) is 11.2 Å². The van der Waals surface area contributed by atoms with Crippen LogP contribution in [0.25, 0.3) is 0 Å². The molecule has 0 atom stereocenters. The van der Waals surface area contributed by atoms with Gasteiger partial charge in [0.1, 0.15) is 10.9 Å². The van der Waals surface area contributed by atoms with E-state index in [-0.39, 0.29) is 17.6 Å². The summed E-state index contributed by atoms with van der Waals surface area (Å²) in [5.74, 6) is -0.724. The lowest BCUT2D eigenvalue weighted by molar-refractivity contribution is -0.113. The van der Waals surface area contributed by atoms with E-state index in [1.807, 2.05) is 6.07 Å².